The third kappa shape index (κ3) is 1.50. The average Bonchev–Trinajstić information content (AvgIpc) is 2.31. The number of hydrogen-bond acceptors (Lipinski definition) is 3. The molecule has 0 radical (unpaired) electrons. The Hall–Kier alpha value is -1.38. The van der Waals surface area contributed by atoms with Gasteiger partial charge in [-0.15, -0.1) is 0 Å². The number of Topliss-reactive ketones (excluding diaryl/α,β-unsaturated/α-hetero) is 1. The van der Waals surface area contributed by atoms with Gasteiger partial charge >= 0.3 is 5.97 Å². The number of esters is 1. The van der Waals surface area contributed by atoms with Gasteiger partial charge in [-0.25, -0.2) is 0 Å². The molecule has 1 rings (SSSR count). The lowest BCUT2D eigenvalue weighted by molar-refractivity contribution is -0.157. The fraction of sp³-hybridized carbons (Fsp3) is 0.455. The fourth-order valence-corrected chi connectivity index (χ4v) is 1.66. The van der Waals surface area contributed by atoms with Gasteiger partial charge in [0.05, 0.1) is 0 Å². The Morgan fingerprint density at radius 3 is 2.43 bits per heavy atom. The molecule has 1 atom stereocenters. The summed E-state index contributed by atoms with van der Waals surface area (Å²) in [5.41, 5.74) is 0.488. The molecule has 14 heavy (non-hydrogen) atoms. The normalized spacial score (nSPS) is 26.6. The molecule has 0 amide bonds. The molecule has 1 aliphatic rings. The highest BCUT2D eigenvalue weighted by Gasteiger charge is 2.44. The molecule has 0 aliphatic heterocycles. The van der Waals surface area contributed by atoms with Crippen molar-refractivity contribution in [3.63, 3.8) is 0 Å². The summed E-state index contributed by atoms with van der Waals surface area (Å²) >= 11 is 0. The highest BCUT2D eigenvalue weighted by Crippen LogP contribution is 2.35. The Labute approximate surface area is 83.4 Å². The van der Waals surface area contributed by atoms with E-state index < -0.39 is 11.6 Å². The van der Waals surface area contributed by atoms with Crippen molar-refractivity contribution >= 4 is 11.8 Å². The van der Waals surface area contributed by atoms with Gasteiger partial charge < -0.3 is 4.74 Å². The second-order valence-electron chi connectivity index (χ2n) is 3.60. The summed E-state index contributed by atoms with van der Waals surface area (Å²) in [5.74, 6) is -0.610. The van der Waals surface area contributed by atoms with E-state index in [1.165, 1.54) is 13.0 Å². The molecule has 1 unspecified atom stereocenters. The van der Waals surface area contributed by atoms with E-state index in [2.05, 4.69) is 6.58 Å². The Morgan fingerprint density at radius 2 is 2.14 bits per heavy atom. The van der Waals surface area contributed by atoms with Crippen LogP contribution in [0.5, 0.6) is 0 Å². The second-order valence-corrected chi connectivity index (χ2v) is 3.60. The van der Waals surface area contributed by atoms with E-state index in [4.69, 9.17) is 4.74 Å². The predicted molar refractivity (Wildman–Crippen MR) is 52.7 cm³/mol. The molecule has 0 aromatic heterocycles. The molecule has 0 N–H and O–H groups in total. The van der Waals surface area contributed by atoms with Crippen LogP contribution < -0.4 is 0 Å². The zero-order valence-electron chi connectivity index (χ0n) is 8.72. The van der Waals surface area contributed by atoms with E-state index in [0.29, 0.717) is 12.0 Å². The molecule has 0 bridgehead atoms. The zero-order valence-corrected chi connectivity index (χ0v) is 8.72. The van der Waals surface area contributed by atoms with Crippen LogP contribution in [-0.4, -0.2) is 17.4 Å². The molecule has 3 nitrogen and oxygen atoms in total. The van der Waals surface area contributed by atoms with Gasteiger partial charge in [-0.2, -0.15) is 0 Å². The highest BCUT2D eigenvalue weighted by atomic mass is 16.6. The number of ketones is 1. The second kappa shape index (κ2) is 3.40. The molecule has 0 aromatic rings. The summed E-state index contributed by atoms with van der Waals surface area (Å²) in [6.07, 6.45) is 1.84. The van der Waals surface area contributed by atoms with Crippen LogP contribution in [0.15, 0.2) is 23.8 Å². The number of carbonyl (C=O) groups excluding carboxylic acids is 2. The molecule has 76 valence electrons. The lowest BCUT2D eigenvalue weighted by Gasteiger charge is -2.23. The van der Waals surface area contributed by atoms with Gasteiger partial charge in [0.15, 0.2) is 5.60 Å². The van der Waals surface area contributed by atoms with Gasteiger partial charge in [0.1, 0.15) is 0 Å². The van der Waals surface area contributed by atoms with Crippen LogP contribution in [0.1, 0.15) is 27.2 Å². The Bertz CT molecular complexity index is 338. The molecule has 0 aromatic carbocycles. The van der Waals surface area contributed by atoms with Gasteiger partial charge in [-0.05, 0) is 25.5 Å². The van der Waals surface area contributed by atoms with E-state index in [9.17, 15) is 9.59 Å². The van der Waals surface area contributed by atoms with Crippen molar-refractivity contribution in [3.8, 4) is 0 Å². The molecule has 0 saturated heterocycles. The maximum atomic E-state index is 11.8. The van der Waals surface area contributed by atoms with E-state index in [0.717, 1.165) is 5.57 Å². The van der Waals surface area contributed by atoms with Gasteiger partial charge in [-0.3, -0.25) is 9.59 Å². The molecule has 0 spiro atoms. The SMILES string of the molecule is C=CC1(OC(C)=O)CC(C)=C(C)C1=O. The third-order valence-corrected chi connectivity index (χ3v) is 2.55. The molecule has 0 fully saturated rings. The first-order chi connectivity index (χ1) is 6.43. The Balaban J connectivity index is 3.03. The minimum Gasteiger partial charge on any atom is -0.446 e. The van der Waals surface area contributed by atoms with Crippen molar-refractivity contribution in [3.05, 3.63) is 23.8 Å². The molecule has 1 aliphatic carbocycles. The molecular weight excluding hydrogens is 180 g/mol. The number of carbonyl (C=O) groups is 2. The summed E-state index contributed by atoms with van der Waals surface area (Å²) in [5, 5.41) is 0. The van der Waals surface area contributed by atoms with E-state index in [1.54, 1.807) is 6.92 Å². The van der Waals surface area contributed by atoms with Gasteiger partial charge in [-0.1, -0.05) is 12.2 Å². The number of ether oxygens (including phenoxy) is 1. The first-order valence-electron chi connectivity index (χ1n) is 4.47. The maximum Gasteiger partial charge on any atom is 0.303 e. The third-order valence-electron chi connectivity index (χ3n) is 2.55. The van der Waals surface area contributed by atoms with E-state index >= 15 is 0 Å². The minimum absolute atomic E-state index is 0.153. The first-order valence-corrected chi connectivity index (χ1v) is 4.47. The standard InChI is InChI=1S/C11H14O3/c1-5-11(14-9(4)12)6-7(2)8(3)10(11)13/h5H,1,6H2,2-4H3. The van der Waals surface area contributed by atoms with Gasteiger partial charge in [0, 0.05) is 13.3 Å². The minimum atomic E-state index is -1.14. The summed E-state index contributed by atoms with van der Waals surface area (Å²) in [6.45, 7) is 8.46. The monoisotopic (exact) mass is 194 g/mol. The van der Waals surface area contributed by atoms with Crippen molar-refractivity contribution in [1.29, 1.82) is 0 Å². The van der Waals surface area contributed by atoms with Crippen molar-refractivity contribution in [2.75, 3.05) is 0 Å². The molecule has 3 heteroatoms. The van der Waals surface area contributed by atoms with Crippen molar-refractivity contribution in [2.24, 2.45) is 0 Å². The first kappa shape index (κ1) is 10.7. The maximum absolute atomic E-state index is 11.8. The van der Waals surface area contributed by atoms with Crippen molar-refractivity contribution in [2.45, 2.75) is 32.8 Å². The van der Waals surface area contributed by atoms with Crippen molar-refractivity contribution in [1.82, 2.24) is 0 Å². The van der Waals surface area contributed by atoms with Crippen LogP contribution in [0.2, 0.25) is 0 Å². The van der Waals surface area contributed by atoms with Crippen LogP contribution in [0.25, 0.3) is 0 Å². The van der Waals surface area contributed by atoms with Crippen LogP contribution in [0, 0.1) is 0 Å². The summed E-state index contributed by atoms with van der Waals surface area (Å²) in [7, 11) is 0. The van der Waals surface area contributed by atoms with Crippen LogP contribution >= 0.6 is 0 Å². The smallest absolute Gasteiger partial charge is 0.303 e. The average molecular weight is 194 g/mol. The van der Waals surface area contributed by atoms with Crippen LogP contribution in [0.4, 0.5) is 0 Å². The van der Waals surface area contributed by atoms with Crippen LogP contribution in [-0.2, 0) is 14.3 Å². The van der Waals surface area contributed by atoms with Gasteiger partial charge in [0.25, 0.3) is 0 Å². The largest absolute Gasteiger partial charge is 0.446 e. The summed E-state index contributed by atoms with van der Waals surface area (Å²) < 4.78 is 5.05. The van der Waals surface area contributed by atoms with Crippen LogP contribution in [0.3, 0.4) is 0 Å². The zero-order chi connectivity index (χ0) is 10.9. The fourth-order valence-electron chi connectivity index (χ4n) is 1.66. The highest BCUT2D eigenvalue weighted by molar-refractivity contribution is 6.07. The quantitative estimate of drug-likeness (QED) is 0.497. The lowest BCUT2D eigenvalue weighted by atomic mass is 9.98. The molecule has 0 heterocycles. The predicted octanol–water partition coefficient (Wildman–Crippen LogP) is 1.78. The number of rotatable bonds is 2. The van der Waals surface area contributed by atoms with E-state index in [-0.39, 0.29) is 5.78 Å². The summed E-state index contributed by atoms with van der Waals surface area (Å²) in [4.78, 5) is 22.7. The van der Waals surface area contributed by atoms with Gasteiger partial charge in [0.2, 0.25) is 5.78 Å². The molecule has 0 saturated carbocycles. The van der Waals surface area contributed by atoms with Crippen molar-refractivity contribution < 1.29 is 14.3 Å². The summed E-state index contributed by atoms with van der Waals surface area (Å²) in [6, 6.07) is 0. The lowest BCUT2D eigenvalue weighted by Crippen LogP contribution is -2.37. The Kier molecular flexibility index (Phi) is 2.60. The Morgan fingerprint density at radius 1 is 1.57 bits per heavy atom. The topological polar surface area (TPSA) is 43.4 Å². The number of hydrogen-bond donors (Lipinski definition) is 0. The van der Waals surface area contributed by atoms with E-state index in [1.807, 2.05) is 6.92 Å². The molecular formula is C11H14O3.